The predicted octanol–water partition coefficient (Wildman–Crippen LogP) is 5.60. The molecule has 0 spiro atoms. The molecule has 1 N–H and O–H groups in total. The summed E-state index contributed by atoms with van der Waals surface area (Å²) in [6, 6.07) is 9.30. The van der Waals surface area contributed by atoms with Crippen molar-refractivity contribution in [2.75, 3.05) is 32.7 Å². The molecule has 0 radical (unpaired) electrons. The molecule has 3 rings (SSSR count). The lowest BCUT2D eigenvalue weighted by Gasteiger charge is -2.23. The number of nitrogens with one attached hydrogen (secondary N) is 1. The lowest BCUT2D eigenvalue weighted by Crippen LogP contribution is -2.33. The SMILES string of the molecule is CCCN(Cc1nc2cc(CNCCCN(CC)CC)ccc2n1CCC)C(=O)c1cc(F)ccc1F. The number of benzene rings is 2. The highest BCUT2D eigenvalue weighted by Gasteiger charge is 2.22. The number of halogens is 2. The van der Waals surface area contributed by atoms with Gasteiger partial charge in [-0.1, -0.05) is 33.8 Å². The summed E-state index contributed by atoms with van der Waals surface area (Å²) >= 11 is 0. The summed E-state index contributed by atoms with van der Waals surface area (Å²) < 4.78 is 30.3. The van der Waals surface area contributed by atoms with Crippen molar-refractivity contribution >= 4 is 16.9 Å². The molecule has 0 fully saturated rings. The molecule has 0 aliphatic heterocycles. The Hall–Kier alpha value is -2.84. The molecule has 0 saturated heterocycles. The second-order valence-electron chi connectivity index (χ2n) is 9.41. The normalized spacial score (nSPS) is 11.5. The van der Waals surface area contributed by atoms with E-state index in [1.165, 1.54) is 0 Å². The van der Waals surface area contributed by atoms with Crippen LogP contribution in [0.2, 0.25) is 0 Å². The monoisotopic (exact) mass is 513 g/mol. The van der Waals surface area contributed by atoms with Gasteiger partial charge in [0.25, 0.3) is 5.91 Å². The molecule has 0 atom stereocenters. The summed E-state index contributed by atoms with van der Waals surface area (Å²) in [6.45, 7) is 14.8. The van der Waals surface area contributed by atoms with E-state index < -0.39 is 17.5 Å². The fourth-order valence-electron chi connectivity index (χ4n) is 4.65. The zero-order chi connectivity index (χ0) is 26.8. The van der Waals surface area contributed by atoms with E-state index in [4.69, 9.17) is 4.98 Å². The number of carbonyl (C=O) groups excluding carboxylic acids is 1. The molecular formula is C29H41F2N5O. The number of nitrogens with zero attached hydrogens (tertiary/aromatic N) is 4. The molecule has 1 heterocycles. The van der Waals surface area contributed by atoms with Gasteiger partial charge in [-0.25, -0.2) is 13.8 Å². The third-order valence-electron chi connectivity index (χ3n) is 6.66. The fraction of sp³-hybridized carbons (Fsp3) is 0.517. The number of rotatable bonds is 15. The summed E-state index contributed by atoms with van der Waals surface area (Å²) in [5.41, 5.74) is 2.81. The third kappa shape index (κ3) is 7.58. The fourth-order valence-corrected chi connectivity index (χ4v) is 4.65. The quantitative estimate of drug-likeness (QED) is 0.269. The number of aromatic nitrogens is 2. The van der Waals surface area contributed by atoms with Crippen molar-refractivity contribution in [2.45, 2.75) is 66.6 Å². The lowest BCUT2D eigenvalue weighted by molar-refractivity contribution is 0.0732. The molecule has 0 unspecified atom stereocenters. The number of aryl methyl sites for hydroxylation is 1. The van der Waals surface area contributed by atoms with Crippen LogP contribution in [0.15, 0.2) is 36.4 Å². The van der Waals surface area contributed by atoms with Crippen LogP contribution in [0.1, 0.15) is 68.7 Å². The molecule has 1 aromatic heterocycles. The molecule has 37 heavy (non-hydrogen) atoms. The average molecular weight is 514 g/mol. The Morgan fingerprint density at radius 2 is 1.78 bits per heavy atom. The van der Waals surface area contributed by atoms with E-state index in [-0.39, 0.29) is 12.1 Å². The van der Waals surface area contributed by atoms with Crippen LogP contribution in [-0.4, -0.2) is 58.0 Å². The third-order valence-corrected chi connectivity index (χ3v) is 6.66. The van der Waals surface area contributed by atoms with E-state index in [1.54, 1.807) is 4.90 Å². The second kappa shape index (κ2) is 14.2. The van der Waals surface area contributed by atoms with Gasteiger partial charge >= 0.3 is 0 Å². The van der Waals surface area contributed by atoms with E-state index in [9.17, 15) is 13.6 Å². The molecule has 0 aliphatic rings. The number of fused-ring (bicyclic) bond motifs is 1. The second-order valence-corrected chi connectivity index (χ2v) is 9.41. The molecule has 202 valence electrons. The Morgan fingerprint density at radius 3 is 2.49 bits per heavy atom. The van der Waals surface area contributed by atoms with Gasteiger partial charge in [0, 0.05) is 19.6 Å². The van der Waals surface area contributed by atoms with Crippen molar-refractivity contribution in [1.29, 1.82) is 0 Å². The largest absolute Gasteiger partial charge is 0.331 e. The maximum atomic E-state index is 14.4. The van der Waals surface area contributed by atoms with E-state index in [1.807, 2.05) is 6.92 Å². The summed E-state index contributed by atoms with van der Waals surface area (Å²) in [5, 5.41) is 3.53. The minimum Gasteiger partial charge on any atom is -0.331 e. The first-order chi connectivity index (χ1) is 17.9. The van der Waals surface area contributed by atoms with Gasteiger partial charge < -0.3 is 19.7 Å². The van der Waals surface area contributed by atoms with E-state index >= 15 is 0 Å². The molecule has 2 aromatic carbocycles. The Bertz CT molecular complexity index is 1160. The van der Waals surface area contributed by atoms with Crippen LogP contribution in [0.3, 0.4) is 0 Å². The van der Waals surface area contributed by atoms with Crippen molar-refractivity contribution in [2.24, 2.45) is 0 Å². The van der Waals surface area contributed by atoms with Gasteiger partial charge in [0.1, 0.15) is 17.5 Å². The van der Waals surface area contributed by atoms with Crippen molar-refractivity contribution in [3.05, 3.63) is 65.0 Å². The van der Waals surface area contributed by atoms with Crippen molar-refractivity contribution in [3.63, 3.8) is 0 Å². The minimum atomic E-state index is -0.719. The predicted molar refractivity (Wildman–Crippen MR) is 146 cm³/mol. The molecule has 6 nitrogen and oxygen atoms in total. The minimum absolute atomic E-state index is 0.232. The van der Waals surface area contributed by atoms with Crippen LogP contribution < -0.4 is 5.32 Å². The van der Waals surface area contributed by atoms with Gasteiger partial charge in [-0.3, -0.25) is 4.79 Å². The zero-order valence-electron chi connectivity index (χ0n) is 22.7. The number of hydrogen-bond acceptors (Lipinski definition) is 4. The van der Waals surface area contributed by atoms with Gasteiger partial charge in [-0.15, -0.1) is 0 Å². The molecular weight excluding hydrogens is 472 g/mol. The molecule has 0 aliphatic carbocycles. The van der Waals surface area contributed by atoms with E-state index in [0.29, 0.717) is 13.0 Å². The maximum Gasteiger partial charge on any atom is 0.257 e. The smallest absolute Gasteiger partial charge is 0.257 e. The molecule has 0 bridgehead atoms. The summed E-state index contributed by atoms with van der Waals surface area (Å²) in [4.78, 5) is 22.0. The van der Waals surface area contributed by atoms with Crippen LogP contribution in [-0.2, 0) is 19.6 Å². The van der Waals surface area contributed by atoms with Crippen LogP contribution >= 0.6 is 0 Å². The van der Waals surface area contributed by atoms with Crippen LogP contribution in [0.5, 0.6) is 0 Å². The molecule has 3 aromatic rings. The number of amides is 1. The van der Waals surface area contributed by atoms with E-state index in [2.05, 4.69) is 53.8 Å². The van der Waals surface area contributed by atoms with Gasteiger partial charge in [0.05, 0.1) is 23.1 Å². The highest BCUT2D eigenvalue weighted by atomic mass is 19.1. The van der Waals surface area contributed by atoms with Crippen molar-refractivity contribution in [1.82, 2.24) is 24.7 Å². The molecule has 1 amide bonds. The highest BCUT2D eigenvalue weighted by molar-refractivity contribution is 5.94. The van der Waals surface area contributed by atoms with Crippen molar-refractivity contribution in [3.8, 4) is 0 Å². The van der Waals surface area contributed by atoms with Crippen LogP contribution in [0, 0.1) is 11.6 Å². The Kier molecular flexibility index (Phi) is 11.0. The first kappa shape index (κ1) is 28.7. The van der Waals surface area contributed by atoms with Gasteiger partial charge in [-0.2, -0.15) is 0 Å². The van der Waals surface area contributed by atoms with Crippen LogP contribution in [0.4, 0.5) is 8.78 Å². The molecule has 8 heteroatoms. The zero-order valence-corrected chi connectivity index (χ0v) is 22.7. The molecule has 0 saturated carbocycles. The topological polar surface area (TPSA) is 53.4 Å². The first-order valence-electron chi connectivity index (χ1n) is 13.6. The van der Waals surface area contributed by atoms with Crippen LogP contribution in [0.25, 0.3) is 11.0 Å². The number of carbonyl (C=O) groups is 1. The number of imidazole rings is 1. The lowest BCUT2D eigenvalue weighted by atomic mass is 10.1. The Balaban J connectivity index is 1.77. The first-order valence-corrected chi connectivity index (χ1v) is 13.6. The highest BCUT2D eigenvalue weighted by Crippen LogP contribution is 2.22. The Labute approximate surface area is 219 Å². The summed E-state index contributed by atoms with van der Waals surface area (Å²) in [7, 11) is 0. The maximum absolute atomic E-state index is 14.4. The standard InChI is InChI=1S/C29H41F2N5O/c1-5-15-35(29(37)24-19-23(30)11-12-25(24)31)21-28-33-26-18-22(10-13-27(26)36(28)16-6-2)20-32-14-9-17-34(7-3)8-4/h10-13,18-19,32H,5-9,14-17,20-21H2,1-4H3. The van der Waals surface area contributed by atoms with E-state index in [0.717, 1.165) is 92.7 Å². The number of hydrogen-bond donors (Lipinski definition) is 1. The summed E-state index contributed by atoms with van der Waals surface area (Å²) in [5.74, 6) is -1.12. The van der Waals surface area contributed by atoms with Gasteiger partial charge in [-0.05, 0) is 81.3 Å². The Morgan fingerprint density at radius 1 is 1.00 bits per heavy atom. The summed E-state index contributed by atoms with van der Waals surface area (Å²) in [6.07, 6.45) is 2.71. The average Bonchev–Trinajstić information content (AvgIpc) is 3.23. The van der Waals surface area contributed by atoms with Gasteiger partial charge in [0.15, 0.2) is 0 Å². The van der Waals surface area contributed by atoms with Crippen molar-refractivity contribution < 1.29 is 13.6 Å². The van der Waals surface area contributed by atoms with Gasteiger partial charge in [0.2, 0.25) is 0 Å².